The lowest BCUT2D eigenvalue weighted by molar-refractivity contribution is 0.0964. The molecule has 140 valence electrons. The maximum absolute atomic E-state index is 13.2. The number of rotatable bonds is 4. The van der Waals surface area contributed by atoms with Gasteiger partial charge in [-0.15, -0.1) is 5.10 Å². The third-order valence-electron chi connectivity index (χ3n) is 4.74. The Bertz CT molecular complexity index is 1260. The number of fused-ring (bicyclic) bond motifs is 1. The maximum atomic E-state index is 13.2. The van der Waals surface area contributed by atoms with E-state index in [9.17, 15) is 14.0 Å². The lowest BCUT2D eigenvalue weighted by atomic mass is 10.1. The second-order valence-electron chi connectivity index (χ2n) is 6.59. The first-order chi connectivity index (χ1) is 13.5. The molecule has 0 radical (unpaired) electrons. The van der Waals surface area contributed by atoms with E-state index in [1.807, 2.05) is 18.4 Å². The van der Waals surface area contributed by atoms with E-state index in [4.69, 9.17) is 0 Å². The van der Waals surface area contributed by atoms with Crippen LogP contribution < -0.4 is 5.56 Å². The Balaban J connectivity index is 1.70. The molecule has 0 atom stereocenters. The van der Waals surface area contributed by atoms with Crippen molar-refractivity contribution in [1.82, 2.24) is 19.6 Å². The summed E-state index contributed by atoms with van der Waals surface area (Å²) >= 11 is 0. The number of nitrogens with zero attached hydrogens (tertiary/aromatic N) is 4. The molecule has 0 saturated heterocycles. The van der Waals surface area contributed by atoms with Gasteiger partial charge in [0.15, 0.2) is 5.78 Å². The summed E-state index contributed by atoms with van der Waals surface area (Å²) in [7, 11) is 0. The fraction of sp³-hybridized carbons (Fsp3) is 0.143. The van der Waals surface area contributed by atoms with Crippen molar-refractivity contribution in [2.45, 2.75) is 20.4 Å². The van der Waals surface area contributed by atoms with Crippen molar-refractivity contribution in [2.75, 3.05) is 0 Å². The molecule has 2 heterocycles. The first-order valence-corrected chi connectivity index (χ1v) is 8.76. The number of halogens is 1. The van der Waals surface area contributed by atoms with E-state index in [-0.39, 0.29) is 23.7 Å². The summed E-state index contributed by atoms with van der Waals surface area (Å²) in [4.78, 5) is 25.4. The number of Topliss-reactive ketones (excluding diaryl/α,β-unsaturated/α-hetero) is 1. The van der Waals surface area contributed by atoms with Crippen molar-refractivity contribution < 1.29 is 9.18 Å². The van der Waals surface area contributed by atoms with Gasteiger partial charge in [0.25, 0.3) is 5.56 Å². The second kappa shape index (κ2) is 6.84. The molecule has 6 nitrogen and oxygen atoms in total. The number of hydrogen-bond donors (Lipinski definition) is 0. The van der Waals surface area contributed by atoms with Crippen molar-refractivity contribution in [1.29, 1.82) is 0 Å². The van der Waals surface area contributed by atoms with Gasteiger partial charge in [0.05, 0.1) is 5.39 Å². The van der Waals surface area contributed by atoms with Crippen LogP contribution >= 0.6 is 0 Å². The van der Waals surface area contributed by atoms with Crippen LogP contribution in [0.25, 0.3) is 16.6 Å². The zero-order chi connectivity index (χ0) is 19.8. The number of carbonyl (C=O) groups excluding carboxylic acids is 1. The fourth-order valence-corrected chi connectivity index (χ4v) is 3.38. The van der Waals surface area contributed by atoms with Gasteiger partial charge in [-0.2, -0.15) is 0 Å². The van der Waals surface area contributed by atoms with E-state index < -0.39 is 0 Å². The molecule has 2 aromatic heterocycles. The van der Waals surface area contributed by atoms with Crippen molar-refractivity contribution in [2.24, 2.45) is 0 Å². The van der Waals surface area contributed by atoms with Crippen LogP contribution in [0, 0.1) is 19.7 Å². The molecule has 7 heteroatoms. The van der Waals surface area contributed by atoms with Gasteiger partial charge >= 0.3 is 0 Å². The van der Waals surface area contributed by atoms with Crippen LogP contribution in [0.2, 0.25) is 0 Å². The van der Waals surface area contributed by atoms with E-state index in [1.165, 1.54) is 12.1 Å². The van der Waals surface area contributed by atoms with Gasteiger partial charge < -0.3 is 4.57 Å². The van der Waals surface area contributed by atoms with Crippen LogP contribution in [0.5, 0.6) is 0 Å². The van der Waals surface area contributed by atoms with Crippen LogP contribution in [0.3, 0.4) is 0 Å². The Morgan fingerprint density at radius 3 is 2.54 bits per heavy atom. The second-order valence-corrected chi connectivity index (χ2v) is 6.59. The van der Waals surface area contributed by atoms with E-state index in [2.05, 4.69) is 10.3 Å². The minimum Gasteiger partial charge on any atom is -0.318 e. The quantitative estimate of drug-likeness (QED) is 0.513. The van der Waals surface area contributed by atoms with Crippen molar-refractivity contribution in [3.05, 3.63) is 87.7 Å². The molecule has 0 bridgehead atoms. The van der Waals surface area contributed by atoms with Crippen molar-refractivity contribution in [3.63, 3.8) is 0 Å². The monoisotopic (exact) mass is 376 g/mol. The zero-order valence-electron chi connectivity index (χ0n) is 15.4. The third kappa shape index (κ3) is 3.00. The topological polar surface area (TPSA) is 69.8 Å². The highest BCUT2D eigenvalue weighted by Gasteiger charge is 2.18. The molecule has 28 heavy (non-hydrogen) atoms. The number of benzene rings is 2. The summed E-state index contributed by atoms with van der Waals surface area (Å²) in [6, 6.07) is 14.7. The summed E-state index contributed by atoms with van der Waals surface area (Å²) in [6.07, 6.45) is 0. The van der Waals surface area contributed by atoms with Crippen LogP contribution in [0.4, 0.5) is 4.39 Å². The number of aromatic nitrogens is 4. The van der Waals surface area contributed by atoms with Gasteiger partial charge in [-0.25, -0.2) is 9.07 Å². The van der Waals surface area contributed by atoms with Crippen LogP contribution in [-0.4, -0.2) is 25.3 Å². The Morgan fingerprint density at radius 1 is 1.07 bits per heavy atom. The van der Waals surface area contributed by atoms with Crippen molar-refractivity contribution in [3.8, 4) is 5.69 Å². The van der Waals surface area contributed by atoms with Gasteiger partial charge in [0.2, 0.25) is 0 Å². The average Bonchev–Trinajstić information content (AvgIpc) is 2.99. The SMILES string of the molecule is Cc1cc(C(=O)Cn2nnc3ccccc3c2=O)c(C)n1-c1ccc(F)cc1. The smallest absolute Gasteiger partial charge is 0.278 e. The predicted molar refractivity (Wildman–Crippen MR) is 103 cm³/mol. The number of ketones is 1. The summed E-state index contributed by atoms with van der Waals surface area (Å²) in [5.41, 5.74) is 2.94. The first-order valence-electron chi connectivity index (χ1n) is 8.76. The molecule has 0 unspecified atom stereocenters. The summed E-state index contributed by atoms with van der Waals surface area (Å²) in [5, 5.41) is 8.31. The summed E-state index contributed by atoms with van der Waals surface area (Å²) in [6.45, 7) is 3.48. The molecule has 0 aliphatic carbocycles. The summed E-state index contributed by atoms with van der Waals surface area (Å²) < 4.78 is 16.2. The molecule has 0 aliphatic rings. The predicted octanol–water partition coefficient (Wildman–Crippen LogP) is 3.22. The zero-order valence-corrected chi connectivity index (χ0v) is 15.4. The van der Waals surface area contributed by atoms with Gasteiger partial charge in [-0.3, -0.25) is 9.59 Å². The molecule has 0 spiro atoms. The number of carbonyl (C=O) groups is 1. The largest absolute Gasteiger partial charge is 0.318 e. The van der Waals surface area contributed by atoms with Gasteiger partial charge in [-0.05, 0) is 56.3 Å². The summed E-state index contributed by atoms with van der Waals surface area (Å²) in [5.74, 6) is -0.565. The van der Waals surface area contributed by atoms with Gasteiger partial charge in [0, 0.05) is 22.6 Å². The van der Waals surface area contributed by atoms with E-state index >= 15 is 0 Å². The molecule has 0 N–H and O–H groups in total. The lowest BCUT2D eigenvalue weighted by Gasteiger charge is -2.10. The molecule has 2 aromatic carbocycles. The molecule has 0 fully saturated rings. The highest BCUT2D eigenvalue weighted by molar-refractivity contribution is 5.97. The molecule has 0 aliphatic heterocycles. The van der Waals surface area contributed by atoms with E-state index in [1.54, 1.807) is 42.5 Å². The lowest BCUT2D eigenvalue weighted by Crippen LogP contribution is -2.28. The molecule has 0 saturated carbocycles. The van der Waals surface area contributed by atoms with E-state index in [0.717, 1.165) is 21.8 Å². The third-order valence-corrected chi connectivity index (χ3v) is 4.74. The van der Waals surface area contributed by atoms with Crippen LogP contribution in [0.1, 0.15) is 21.7 Å². The highest BCUT2D eigenvalue weighted by atomic mass is 19.1. The van der Waals surface area contributed by atoms with Crippen molar-refractivity contribution >= 4 is 16.7 Å². The normalized spacial score (nSPS) is 11.1. The number of hydrogen-bond acceptors (Lipinski definition) is 4. The Morgan fingerprint density at radius 2 is 1.79 bits per heavy atom. The maximum Gasteiger partial charge on any atom is 0.278 e. The molecule has 4 rings (SSSR count). The Kier molecular flexibility index (Phi) is 4.35. The Labute approximate surface area is 159 Å². The molecule has 4 aromatic rings. The Hall–Kier alpha value is -3.61. The van der Waals surface area contributed by atoms with Crippen LogP contribution in [-0.2, 0) is 6.54 Å². The standard InChI is InChI=1S/C21H17FN4O2/c1-13-11-18(14(2)26(13)16-9-7-15(22)8-10-16)20(27)12-25-21(28)17-5-3-4-6-19(17)23-24-25/h3-11H,12H2,1-2H3. The van der Waals surface area contributed by atoms with Gasteiger partial charge in [-0.1, -0.05) is 17.3 Å². The molecule has 0 amide bonds. The van der Waals surface area contributed by atoms with Gasteiger partial charge in [0.1, 0.15) is 17.9 Å². The average molecular weight is 376 g/mol. The minimum absolute atomic E-state index is 0.204. The van der Waals surface area contributed by atoms with Crippen LogP contribution in [0.15, 0.2) is 59.4 Å². The minimum atomic E-state index is -0.355. The van der Waals surface area contributed by atoms with E-state index in [0.29, 0.717) is 16.5 Å². The highest BCUT2D eigenvalue weighted by Crippen LogP contribution is 2.22. The molecular formula is C21H17FN4O2. The fourth-order valence-electron chi connectivity index (χ4n) is 3.38. The first kappa shape index (κ1) is 17.8. The number of aryl methyl sites for hydroxylation is 1. The molecular weight excluding hydrogens is 359 g/mol.